The summed E-state index contributed by atoms with van der Waals surface area (Å²) in [6, 6.07) is 3.43. The number of nitrogen functional groups attached to an aromatic ring is 1. The van der Waals surface area contributed by atoms with Gasteiger partial charge in [0.15, 0.2) is 0 Å². The molecule has 8 nitrogen and oxygen atoms in total. The molecular weight excluding hydrogens is 450 g/mol. The van der Waals surface area contributed by atoms with Gasteiger partial charge in [-0.25, -0.2) is 4.79 Å². The predicted molar refractivity (Wildman–Crippen MR) is 132 cm³/mol. The van der Waals surface area contributed by atoms with Gasteiger partial charge < -0.3 is 34.2 Å². The molecule has 1 aromatic carbocycles. The van der Waals surface area contributed by atoms with E-state index in [1.54, 1.807) is 32.4 Å². The minimum atomic E-state index is -0.465. The largest absolute Gasteiger partial charge is 0.497 e. The van der Waals surface area contributed by atoms with Gasteiger partial charge >= 0.3 is 5.97 Å². The number of hydrogen-bond donors (Lipinski definition) is 1. The fraction of sp³-hybridized carbons (Fsp3) is 0.593. The quantitative estimate of drug-likeness (QED) is 0.184. The summed E-state index contributed by atoms with van der Waals surface area (Å²) in [5.41, 5.74) is 7.80. The summed E-state index contributed by atoms with van der Waals surface area (Å²) in [6.07, 6.45) is 6.86. The van der Waals surface area contributed by atoms with Gasteiger partial charge in [0.25, 0.3) is 0 Å². The van der Waals surface area contributed by atoms with E-state index in [4.69, 9.17) is 34.2 Å². The van der Waals surface area contributed by atoms with E-state index >= 15 is 0 Å². The molecule has 1 saturated carbocycles. The monoisotopic (exact) mass is 487 g/mol. The lowest BCUT2D eigenvalue weighted by Crippen LogP contribution is -2.55. The second kappa shape index (κ2) is 9.84. The van der Waals surface area contributed by atoms with Gasteiger partial charge in [0.05, 0.1) is 38.5 Å². The second-order valence-corrected chi connectivity index (χ2v) is 10.0. The molecule has 192 valence electrons. The van der Waals surface area contributed by atoms with E-state index in [9.17, 15) is 4.79 Å². The first-order chi connectivity index (χ1) is 16.7. The minimum Gasteiger partial charge on any atom is -0.497 e. The van der Waals surface area contributed by atoms with Crippen LogP contribution < -0.4 is 15.2 Å². The Morgan fingerprint density at radius 3 is 2.57 bits per heavy atom. The molecule has 1 aromatic rings. The lowest BCUT2D eigenvalue weighted by molar-refractivity contribution is -0.166. The third-order valence-electron chi connectivity index (χ3n) is 7.51. The molecule has 3 fully saturated rings. The Hall–Kier alpha value is -2.55. The number of carbonyl (C=O) groups is 1. The van der Waals surface area contributed by atoms with Crippen molar-refractivity contribution in [1.29, 1.82) is 0 Å². The molecule has 1 aliphatic carbocycles. The maximum absolute atomic E-state index is 12.8. The summed E-state index contributed by atoms with van der Waals surface area (Å²) in [7, 11) is 4.75. The van der Waals surface area contributed by atoms with Crippen molar-refractivity contribution in [2.45, 2.75) is 69.5 Å². The Morgan fingerprint density at radius 1 is 1.23 bits per heavy atom. The van der Waals surface area contributed by atoms with Crippen LogP contribution in [0.25, 0.3) is 6.08 Å². The fourth-order valence-corrected chi connectivity index (χ4v) is 5.46. The van der Waals surface area contributed by atoms with Crippen LogP contribution in [-0.4, -0.2) is 63.4 Å². The van der Waals surface area contributed by atoms with Crippen LogP contribution in [0, 0.1) is 5.92 Å². The number of epoxide rings is 2. The Kier molecular flexibility index (Phi) is 7.18. The average Bonchev–Trinajstić information content (AvgIpc) is 3.75. The number of rotatable bonds is 9. The Balaban J connectivity index is 1.48. The van der Waals surface area contributed by atoms with Crippen LogP contribution in [0.4, 0.5) is 5.69 Å². The van der Waals surface area contributed by atoms with Gasteiger partial charge in [-0.3, -0.25) is 0 Å². The number of nitrogens with two attached hydrogens (primary N) is 1. The van der Waals surface area contributed by atoms with E-state index in [0.717, 1.165) is 12.8 Å². The van der Waals surface area contributed by atoms with E-state index in [-0.39, 0.29) is 29.3 Å². The van der Waals surface area contributed by atoms with E-state index in [0.29, 0.717) is 35.8 Å². The maximum atomic E-state index is 12.8. The summed E-state index contributed by atoms with van der Waals surface area (Å²) in [5.74, 6) is 0.563. The molecule has 2 saturated heterocycles. The lowest BCUT2D eigenvalue weighted by Gasteiger charge is -2.42. The zero-order valence-electron chi connectivity index (χ0n) is 21.5. The first kappa shape index (κ1) is 25.5. The molecule has 0 aromatic heterocycles. The molecule has 2 N–H and O–H groups in total. The van der Waals surface area contributed by atoms with Crippen molar-refractivity contribution in [1.82, 2.24) is 0 Å². The predicted octanol–water partition coefficient (Wildman–Crippen LogP) is 3.92. The van der Waals surface area contributed by atoms with Crippen molar-refractivity contribution in [3.63, 3.8) is 0 Å². The molecule has 3 aliphatic rings. The molecule has 2 aliphatic heterocycles. The number of carbonyl (C=O) groups excluding carboxylic acids is 1. The Morgan fingerprint density at radius 2 is 1.97 bits per heavy atom. The SMILES string of the molecule is COc1cc(/C=C/C(=O)O[C@@H]2CC[C@]3(CO3)[C@@H]([C@]3(C)O[C@@H]3CC=C(C)C)[C@@H]2OC)c(N)c(OC)c1. The molecule has 0 bridgehead atoms. The van der Waals surface area contributed by atoms with Crippen molar-refractivity contribution < 1.29 is 33.2 Å². The summed E-state index contributed by atoms with van der Waals surface area (Å²) in [5, 5.41) is 0. The van der Waals surface area contributed by atoms with Crippen LogP contribution in [0.3, 0.4) is 0 Å². The normalized spacial score (nSPS) is 33.4. The van der Waals surface area contributed by atoms with Crippen molar-refractivity contribution >= 4 is 17.7 Å². The molecule has 35 heavy (non-hydrogen) atoms. The number of methoxy groups -OCH3 is 3. The summed E-state index contributed by atoms with van der Waals surface area (Å²) >= 11 is 0. The molecule has 1 spiro atoms. The molecule has 8 heteroatoms. The van der Waals surface area contributed by atoms with Crippen LogP contribution in [0.1, 0.15) is 45.6 Å². The van der Waals surface area contributed by atoms with Crippen molar-refractivity contribution in [2.75, 3.05) is 33.7 Å². The van der Waals surface area contributed by atoms with Crippen LogP contribution in [0.5, 0.6) is 11.5 Å². The lowest BCUT2D eigenvalue weighted by atomic mass is 9.68. The van der Waals surface area contributed by atoms with Crippen LogP contribution in [-0.2, 0) is 23.7 Å². The number of allylic oxidation sites excluding steroid dienone is 1. The highest BCUT2D eigenvalue weighted by Crippen LogP contribution is 2.59. The van der Waals surface area contributed by atoms with E-state index in [2.05, 4.69) is 26.8 Å². The number of anilines is 1. The fourth-order valence-electron chi connectivity index (χ4n) is 5.46. The van der Waals surface area contributed by atoms with Gasteiger partial charge in [0.1, 0.15) is 34.9 Å². The van der Waals surface area contributed by atoms with E-state index in [1.165, 1.54) is 18.8 Å². The molecule has 0 radical (unpaired) electrons. The molecule has 6 atom stereocenters. The van der Waals surface area contributed by atoms with Crippen LogP contribution in [0.15, 0.2) is 29.9 Å². The standard InChI is InChI=1S/C27H37NO7/c1-16(2)7-9-21-26(3,35-21)25-24(32-6)19(11-12-27(25)15-33-27)34-22(29)10-8-17-13-18(30-4)14-20(31-5)23(17)28/h7-8,10,13-14,19,21,24-25H,9,11-12,15,28H2,1-6H3/b10-8+/t19-,21-,24-,25-,26-,27+/m1/s1. The van der Waals surface area contributed by atoms with Gasteiger partial charge in [-0.1, -0.05) is 11.6 Å². The topological polar surface area (TPSA) is 105 Å². The highest BCUT2D eigenvalue weighted by molar-refractivity contribution is 5.89. The van der Waals surface area contributed by atoms with Gasteiger partial charge in [-0.05, 0) is 52.2 Å². The Labute approximate surface area is 207 Å². The first-order valence-corrected chi connectivity index (χ1v) is 12.1. The Bertz CT molecular complexity index is 1010. The second-order valence-electron chi connectivity index (χ2n) is 10.0. The van der Waals surface area contributed by atoms with Gasteiger partial charge in [-0.2, -0.15) is 0 Å². The smallest absolute Gasteiger partial charge is 0.331 e. The van der Waals surface area contributed by atoms with Crippen molar-refractivity contribution in [2.24, 2.45) is 5.92 Å². The summed E-state index contributed by atoms with van der Waals surface area (Å²) < 4.78 is 34.6. The van der Waals surface area contributed by atoms with Gasteiger partial charge in [-0.15, -0.1) is 0 Å². The molecule has 4 rings (SSSR count). The summed E-state index contributed by atoms with van der Waals surface area (Å²) in [6.45, 7) is 6.98. The molecule has 0 amide bonds. The van der Waals surface area contributed by atoms with Crippen LogP contribution in [0.2, 0.25) is 0 Å². The first-order valence-electron chi connectivity index (χ1n) is 12.1. The molecule has 2 heterocycles. The number of hydrogen-bond acceptors (Lipinski definition) is 8. The van der Waals surface area contributed by atoms with Crippen LogP contribution >= 0.6 is 0 Å². The van der Waals surface area contributed by atoms with E-state index < -0.39 is 12.1 Å². The molecular formula is C27H37NO7. The molecule has 0 unspecified atom stereocenters. The third kappa shape index (κ3) is 5.06. The average molecular weight is 488 g/mol. The minimum absolute atomic E-state index is 0.0237. The van der Waals surface area contributed by atoms with Gasteiger partial charge in [0.2, 0.25) is 0 Å². The summed E-state index contributed by atoms with van der Waals surface area (Å²) in [4.78, 5) is 12.8. The zero-order chi connectivity index (χ0) is 25.4. The third-order valence-corrected chi connectivity index (χ3v) is 7.51. The number of ether oxygens (including phenoxy) is 6. The zero-order valence-corrected chi connectivity index (χ0v) is 21.5. The number of benzene rings is 1. The number of esters is 1. The highest BCUT2D eigenvalue weighted by atomic mass is 16.6. The highest BCUT2D eigenvalue weighted by Gasteiger charge is 2.72. The maximum Gasteiger partial charge on any atom is 0.331 e. The van der Waals surface area contributed by atoms with Gasteiger partial charge in [0, 0.05) is 24.8 Å². The van der Waals surface area contributed by atoms with E-state index in [1.807, 2.05) is 0 Å². The van der Waals surface area contributed by atoms with Crippen molar-refractivity contribution in [3.8, 4) is 11.5 Å². The van der Waals surface area contributed by atoms with Crippen molar-refractivity contribution in [3.05, 3.63) is 35.4 Å².